The molecule has 1 heterocycles. The normalized spacial score (nSPS) is 16.6. The lowest BCUT2D eigenvalue weighted by molar-refractivity contribution is -0.141. The first kappa shape index (κ1) is 32.4. The summed E-state index contributed by atoms with van der Waals surface area (Å²) in [6, 6.07) is 12.1. The number of ether oxygens (including phenoxy) is 2. The van der Waals surface area contributed by atoms with Gasteiger partial charge in [-0.3, -0.25) is 9.59 Å². The van der Waals surface area contributed by atoms with Crippen LogP contribution in [0.1, 0.15) is 93.6 Å². The third kappa shape index (κ3) is 7.63. The van der Waals surface area contributed by atoms with Crippen LogP contribution >= 0.6 is 0 Å². The van der Waals surface area contributed by atoms with Crippen molar-refractivity contribution in [2.24, 2.45) is 11.8 Å². The Morgan fingerprint density at radius 1 is 0.889 bits per heavy atom. The quantitative estimate of drug-likeness (QED) is 0.260. The molecule has 0 spiro atoms. The predicted molar refractivity (Wildman–Crippen MR) is 175 cm³/mol. The van der Waals surface area contributed by atoms with Gasteiger partial charge in [-0.15, -0.1) is 0 Å². The zero-order valence-corrected chi connectivity index (χ0v) is 27.1. The number of benzene rings is 2. The highest BCUT2D eigenvalue weighted by Gasteiger charge is 2.35. The van der Waals surface area contributed by atoms with Crippen molar-refractivity contribution in [3.63, 3.8) is 0 Å². The van der Waals surface area contributed by atoms with Crippen molar-refractivity contribution in [1.82, 2.24) is 10.0 Å². The smallest absolute Gasteiger partial charge is 0.329 e. The number of hydrogen-bond acceptors (Lipinski definition) is 6. The van der Waals surface area contributed by atoms with Gasteiger partial charge in [0, 0.05) is 18.9 Å². The van der Waals surface area contributed by atoms with E-state index in [9.17, 15) is 14.4 Å². The molecule has 45 heavy (non-hydrogen) atoms. The van der Waals surface area contributed by atoms with Gasteiger partial charge in [-0.05, 0) is 67.9 Å². The number of carbonyl (C=O) groups excluding carboxylic acids is 3. The van der Waals surface area contributed by atoms with Crippen LogP contribution in [0.2, 0.25) is 0 Å². The molecule has 1 N–H and O–H groups in total. The minimum atomic E-state index is -0.802. The predicted octanol–water partition coefficient (Wildman–Crippen LogP) is 6.62. The number of methoxy groups -OCH3 is 2. The van der Waals surface area contributed by atoms with Crippen LogP contribution in [0, 0.1) is 18.8 Å². The van der Waals surface area contributed by atoms with Crippen molar-refractivity contribution >= 4 is 34.4 Å². The molecule has 5 rings (SSSR count). The topological polar surface area (TPSA) is 99.1 Å². The van der Waals surface area contributed by atoms with Gasteiger partial charge in [-0.2, -0.15) is 4.73 Å². The minimum Gasteiger partial charge on any atom is -0.494 e. The highest BCUT2D eigenvalue weighted by Crippen LogP contribution is 2.41. The zero-order valence-electron chi connectivity index (χ0n) is 27.1. The molecule has 0 aliphatic heterocycles. The van der Waals surface area contributed by atoms with E-state index in [1.807, 2.05) is 42.2 Å². The first-order valence-corrected chi connectivity index (χ1v) is 16.4. The van der Waals surface area contributed by atoms with E-state index in [-0.39, 0.29) is 11.6 Å². The molecule has 0 bridgehead atoms. The van der Waals surface area contributed by atoms with Crippen LogP contribution in [0.5, 0.6) is 11.5 Å². The summed E-state index contributed by atoms with van der Waals surface area (Å²) in [4.78, 5) is 48.3. The molecule has 1 atom stereocenters. The fourth-order valence-electron chi connectivity index (χ4n) is 7.12. The van der Waals surface area contributed by atoms with Gasteiger partial charge in [0.25, 0.3) is 5.91 Å². The Morgan fingerprint density at radius 2 is 1.49 bits per heavy atom. The molecule has 0 radical (unpaired) electrons. The lowest BCUT2D eigenvalue weighted by atomic mass is 9.84. The van der Waals surface area contributed by atoms with Crippen LogP contribution in [0.15, 0.2) is 42.5 Å². The fraction of sp³-hybridized carbons (Fsp3) is 0.528. The van der Waals surface area contributed by atoms with Gasteiger partial charge in [-0.25, -0.2) is 4.79 Å². The molecule has 242 valence electrons. The molecule has 2 saturated carbocycles. The first-order chi connectivity index (χ1) is 21.8. The van der Waals surface area contributed by atoms with Gasteiger partial charge in [0.2, 0.25) is 5.91 Å². The Kier molecular flexibility index (Phi) is 10.7. The van der Waals surface area contributed by atoms with Crippen LogP contribution in [0.3, 0.4) is 0 Å². The SMILES string of the molecule is COc1cc(C)cc(OC)c1N(CC1CCCCC1)C(=O)C(CC1CCCCC1)NC(=O)c1cc2ccccc2n1OC(C)=O. The van der Waals surface area contributed by atoms with Crippen molar-refractivity contribution < 1.29 is 28.7 Å². The summed E-state index contributed by atoms with van der Waals surface area (Å²) in [7, 11) is 3.21. The molecular weight excluding hydrogens is 570 g/mol. The maximum atomic E-state index is 14.9. The molecule has 2 aromatic carbocycles. The highest BCUT2D eigenvalue weighted by molar-refractivity contribution is 6.05. The van der Waals surface area contributed by atoms with E-state index in [1.165, 1.54) is 24.5 Å². The third-order valence-corrected chi connectivity index (χ3v) is 9.34. The van der Waals surface area contributed by atoms with Gasteiger partial charge in [0.1, 0.15) is 28.9 Å². The highest BCUT2D eigenvalue weighted by atomic mass is 16.7. The first-order valence-electron chi connectivity index (χ1n) is 16.4. The molecule has 1 unspecified atom stereocenters. The molecular formula is C36H47N3O6. The second-order valence-corrected chi connectivity index (χ2v) is 12.7. The van der Waals surface area contributed by atoms with E-state index < -0.39 is 17.9 Å². The standard InChI is InChI=1S/C36H47N3O6/c1-24-19-32(43-3)34(33(20-24)44-4)38(23-27-15-9-6-10-16-27)36(42)29(21-26-13-7-5-8-14-26)37-35(41)31-22-28-17-11-12-18-30(28)39(31)45-25(2)40/h11-12,17-20,22,26-27,29H,5-10,13-16,21,23H2,1-4H3,(H,37,41). The average Bonchev–Trinajstić information content (AvgIpc) is 3.41. The Labute approximate surface area is 266 Å². The van der Waals surface area contributed by atoms with Gasteiger partial charge in [0.15, 0.2) is 0 Å². The zero-order chi connectivity index (χ0) is 31.9. The number of anilines is 1. The number of nitrogens with zero attached hydrogens (tertiary/aromatic N) is 2. The molecule has 2 amide bonds. The van der Waals surface area contributed by atoms with E-state index in [2.05, 4.69) is 5.32 Å². The Balaban J connectivity index is 1.55. The van der Waals surface area contributed by atoms with Crippen LogP contribution in [0.25, 0.3) is 10.9 Å². The molecule has 0 saturated heterocycles. The summed E-state index contributed by atoms with van der Waals surface area (Å²) in [6.07, 6.45) is 11.6. The van der Waals surface area contributed by atoms with Crippen LogP contribution < -0.4 is 24.5 Å². The van der Waals surface area contributed by atoms with Crippen LogP contribution in [-0.2, 0) is 9.59 Å². The van der Waals surface area contributed by atoms with Gasteiger partial charge < -0.3 is 24.5 Å². The van der Waals surface area contributed by atoms with Crippen molar-refractivity contribution in [3.05, 3.63) is 53.7 Å². The number of hydrogen-bond donors (Lipinski definition) is 1. The summed E-state index contributed by atoms with van der Waals surface area (Å²) >= 11 is 0. The van der Waals surface area contributed by atoms with E-state index in [1.54, 1.807) is 26.4 Å². The number of amides is 2. The van der Waals surface area contributed by atoms with Crippen molar-refractivity contribution in [2.45, 2.75) is 90.5 Å². The molecule has 9 nitrogen and oxygen atoms in total. The summed E-state index contributed by atoms with van der Waals surface area (Å²) in [5, 5.41) is 3.86. The lowest BCUT2D eigenvalue weighted by Crippen LogP contribution is -2.51. The second-order valence-electron chi connectivity index (χ2n) is 12.7. The number of para-hydroxylation sites is 1. The molecule has 3 aromatic rings. The van der Waals surface area contributed by atoms with Crippen molar-refractivity contribution in [2.75, 3.05) is 25.7 Å². The van der Waals surface area contributed by atoms with Gasteiger partial charge in [0.05, 0.1) is 19.7 Å². The number of fused-ring (bicyclic) bond motifs is 1. The lowest BCUT2D eigenvalue weighted by Gasteiger charge is -2.35. The Hall–Kier alpha value is -4.01. The van der Waals surface area contributed by atoms with Crippen LogP contribution in [0.4, 0.5) is 5.69 Å². The summed E-state index contributed by atoms with van der Waals surface area (Å²) in [5.41, 5.74) is 2.32. The molecule has 2 fully saturated rings. The Bertz CT molecular complexity index is 1480. The summed E-state index contributed by atoms with van der Waals surface area (Å²) < 4.78 is 12.9. The maximum absolute atomic E-state index is 14.9. The van der Waals surface area contributed by atoms with Gasteiger partial charge in [-0.1, -0.05) is 69.6 Å². The Morgan fingerprint density at radius 3 is 2.09 bits per heavy atom. The number of nitrogens with one attached hydrogen (secondary N) is 1. The number of rotatable bonds is 11. The van der Waals surface area contributed by atoms with E-state index in [0.29, 0.717) is 47.5 Å². The number of aryl methyl sites for hydroxylation is 1. The monoisotopic (exact) mass is 617 g/mol. The van der Waals surface area contributed by atoms with E-state index in [4.69, 9.17) is 14.3 Å². The largest absolute Gasteiger partial charge is 0.494 e. The summed E-state index contributed by atoms with van der Waals surface area (Å²) in [6.45, 7) is 3.78. The summed E-state index contributed by atoms with van der Waals surface area (Å²) in [5.74, 6) is 0.568. The number of carbonyl (C=O) groups is 3. The molecule has 2 aliphatic rings. The molecule has 2 aliphatic carbocycles. The molecule has 1 aromatic heterocycles. The minimum absolute atomic E-state index is 0.164. The number of aromatic nitrogens is 1. The third-order valence-electron chi connectivity index (χ3n) is 9.34. The van der Waals surface area contributed by atoms with E-state index in [0.717, 1.165) is 62.3 Å². The van der Waals surface area contributed by atoms with Crippen LogP contribution in [-0.4, -0.2) is 49.3 Å². The molecule has 9 heteroatoms. The van der Waals surface area contributed by atoms with Crippen molar-refractivity contribution in [1.29, 1.82) is 0 Å². The van der Waals surface area contributed by atoms with Gasteiger partial charge >= 0.3 is 5.97 Å². The fourth-order valence-corrected chi connectivity index (χ4v) is 7.12. The van der Waals surface area contributed by atoms with Crippen molar-refractivity contribution in [3.8, 4) is 11.5 Å². The average molecular weight is 618 g/mol. The second kappa shape index (κ2) is 14.8. The van der Waals surface area contributed by atoms with E-state index >= 15 is 0 Å². The maximum Gasteiger partial charge on any atom is 0.329 e.